The second kappa shape index (κ2) is 8.03. The lowest BCUT2D eigenvalue weighted by Gasteiger charge is -2.06. The highest BCUT2D eigenvalue weighted by atomic mass is 16.3. The summed E-state index contributed by atoms with van der Waals surface area (Å²) in [7, 11) is 0. The zero-order chi connectivity index (χ0) is 12.5. The molecule has 0 amide bonds. The van der Waals surface area contributed by atoms with Crippen molar-refractivity contribution in [1.29, 1.82) is 0 Å². The lowest BCUT2D eigenvalue weighted by molar-refractivity contribution is 0.282. The number of aromatic hydroxyl groups is 1. The third-order valence-corrected chi connectivity index (χ3v) is 2.64. The van der Waals surface area contributed by atoms with Gasteiger partial charge in [0.2, 0.25) is 0 Å². The van der Waals surface area contributed by atoms with E-state index < -0.39 is 0 Å². The van der Waals surface area contributed by atoms with Crippen LogP contribution in [0.4, 0.5) is 0 Å². The number of pyridine rings is 1. The normalized spacial score (nSPS) is 10.7. The molecule has 96 valence electrons. The zero-order valence-corrected chi connectivity index (χ0v) is 10.4. The smallest absolute Gasteiger partial charge is 0.138 e. The van der Waals surface area contributed by atoms with Crippen LogP contribution >= 0.6 is 0 Å². The van der Waals surface area contributed by atoms with Crippen molar-refractivity contribution < 1.29 is 10.2 Å². The average molecular weight is 238 g/mol. The number of aliphatic hydroxyl groups is 1. The topological polar surface area (TPSA) is 65.4 Å². The van der Waals surface area contributed by atoms with Crippen LogP contribution in [0.25, 0.3) is 0 Å². The molecule has 0 saturated carbocycles. The summed E-state index contributed by atoms with van der Waals surface area (Å²) in [6.45, 7) is 3.72. The van der Waals surface area contributed by atoms with Crippen molar-refractivity contribution >= 4 is 0 Å². The summed E-state index contributed by atoms with van der Waals surface area (Å²) in [5.41, 5.74) is 1.63. The SMILES string of the molecule is Cc1ccc(O)c(CNCCCCCCO)n1. The molecular formula is C13H22N2O2. The van der Waals surface area contributed by atoms with E-state index in [1.165, 1.54) is 0 Å². The van der Waals surface area contributed by atoms with E-state index in [1.54, 1.807) is 12.1 Å². The van der Waals surface area contributed by atoms with Gasteiger partial charge in [0.25, 0.3) is 0 Å². The number of nitrogens with zero attached hydrogens (tertiary/aromatic N) is 1. The molecule has 0 unspecified atom stereocenters. The highest BCUT2D eigenvalue weighted by molar-refractivity contribution is 5.27. The van der Waals surface area contributed by atoms with Crippen LogP contribution in [0.2, 0.25) is 0 Å². The van der Waals surface area contributed by atoms with Gasteiger partial charge in [-0.25, -0.2) is 0 Å². The van der Waals surface area contributed by atoms with Crippen molar-refractivity contribution in [2.75, 3.05) is 13.2 Å². The van der Waals surface area contributed by atoms with E-state index in [9.17, 15) is 5.11 Å². The second-order valence-corrected chi connectivity index (χ2v) is 4.23. The Morgan fingerprint density at radius 1 is 1.18 bits per heavy atom. The molecule has 3 N–H and O–H groups in total. The largest absolute Gasteiger partial charge is 0.506 e. The van der Waals surface area contributed by atoms with Crippen LogP contribution < -0.4 is 5.32 Å². The van der Waals surface area contributed by atoms with Crippen LogP contribution in [0.1, 0.15) is 37.1 Å². The molecule has 4 nitrogen and oxygen atoms in total. The van der Waals surface area contributed by atoms with Gasteiger partial charge in [-0.3, -0.25) is 4.98 Å². The maximum atomic E-state index is 9.58. The van der Waals surface area contributed by atoms with E-state index in [2.05, 4.69) is 10.3 Å². The number of hydrogen-bond acceptors (Lipinski definition) is 4. The second-order valence-electron chi connectivity index (χ2n) is 4.23. The Morgan fingerprint density at radius 3 is 2.71 bits per heavy atom. The first-order chi connectivity index (χ1) is 8.24. The lowest BCUT2D eigenvalue weighted by Crippen LogP contribution is -2.16. The number of aryl methyl sites for hydroxylation is 1. The van der Waals surface area contributed by atoms with Gasteiger partial charge in [-0.1, -0.05) is 12.8 Å². The van der Waals surface area contributed by atoms with E-state index >= 15 is 0 Å². The first-order valence-corrected chi connectivity index (χ1v) is 6.21. The Kier molecular flexibility index (Phi) is 6.58. The number of aromatic nitrogens is 1. The van der Waals surface area contributed by atoms with Gasteiger partial charge in [0.1, 0.15) is 5.75 Å². The fourth-order valence-corrected chi connectivity index (χ4v) is 1.66. The molecule has 1 heterocycles. The third-order valence-electron chi connectivity index (χ3n) is 2.64. The minimum atomic E-state index is 0.253. The van der Waals surface area contributed by atoms with E-state index in [0.29, 0.717) is 12.2 Å². The molecule has 0 bridgehead atoms. The fraction of sp³-hybridized carbons (Fsp3) is 0.615. The highest BCUT2D eigenvalue weighted by Crippen LogP contribution is 2.14. The van der Waals surface area contributed by atoms with Crippen molar-refractivity contribution in [3.8, 4) is 5.75 Å². The predicted molar refractivity (Wildman–Crippen MR) is 67.9 cm³/mol. The number of aliphatic hydroxyl groups excluding tert-OH is 1. The van der Waals surface area contributed by atoms with E-state index in [-0.39, 0.29) is 12.4 Å². The molecule has 0 radical (unpaired) electrons. The van der Waals surface area contributed by atoms with Crippen molar-refractivity contribution in [3.05, 3.63) is 23.5 Å². The van der Waals surface area contributed by atoms with Gasteiger partial charge in [0, 0.05) is 18.8 Å². The molecular weight excluding hydrogens is 216 g/mol. The van der Waals surface area contributed by atoms with Crippen LogP contribution in [-0.4, -0.2) is 28.3 Å². The number of nitrogens with one attached hydrogen (secondary N) is 1. The van der Waals surface area contributed by atoms with Crippen molar-refractivity contribution in [1.82, 2.24) is 10.3 Å². The Hall–Kier alpha value is -1.13. The Morgan fingerprint density at radius 2 is 1.94 bits per heavy atom. The molecule has 0 aliphatic rings. The standard InChI is InChI=1S/C13H22N2O2/c1-11-6-7-13(17)12(15-11)10-14-8-4-2-3-5-9-16/h6-7,14,16-17H,2-5,8-10H2,1H3. The van der Waals surface area contributed by atoms with Crippen LogP contribution in [0.15, 0.2) is 12.1 Å². The van der Waals surface area contributed by atoms with Crippen molar-refractivity contribution in [2.45, 2.75) is 39.2 Å². The molecule has 17 heavy (non-hydrogen) atoms. The fourth-order valence-electron chi connectivity index (χ4n) is 1.66. The van der Waals surface area contributed by atoms with Gasteiger partial charge in [0.05, 0.1) is 5.69 Å². The van der Waals surface area contributed by atoms with Gasteiger partial charge in [-0.2, -0.15) is 0 Å². The zero-order valence-electron chi connectivity index (χ0n) is 10.4. The minimum Gasteiger partial charge on any atom is -0.506 e. The van der Waals surface area contributed by atoms with Gasteiger partial charge in [0.15, 0.2) is 0 Å². The number of hydrogen-bond donors (Lipinski definition) is 3. The average Bonchev–Trinajstić information content (AvgIpc) is 2.32. The molecule has 0 fully saturated rings. The highest BCUT2D eigenvalue weighted by Gasteiger charge is 2.01. The van der Waals surface area contributed by atoms with Gasteiger partial charge >= 0.3 is 0 Å². The summed E-state index contributed by atoms with van der Waals surface area (Å²) in [4.78, 5) is 4.27. The maximum absolute atomic E-state index is 9.58. The Balaban J connectivity index is 2.15. The Bertz CT molecular complexity index is 329. The minimum absolute atomic E-state index is 0.253. The molecule has 0 aromatic carbocycles. The molecule has 1 aromatic rings. The van der Waals surface area contributed by atoms with Crippen molar-refractivity contribution in [2.24, 2.45) is 0 Å². The molecule has 1 aromatic heterocycles. The molecule has 0 aliphatic carbocycles. The molecule has 4 heteroatoms. The first kappa shape index (κ1) is 13.9. The van der Waals surface area contributed by atoms with E-state index in [4.69, 9.17) is 5.11 Å². The van der Waals surface area contributed by atoms with Gasteiger partial charge in [-0.15, -0.1) is 0 Å². The summed E-state index contributed by atoms with van der Waals surface area (Å²) >= 11 is 0. The van der Waals surface area contributed by atoms with Crippen molar-refractivity contribution in [3.63, 3.8) is 0 Å². The van der Waals surface area contributed by atoms with Crippen LogP contribution in [-0.2, 0) is 6.54 Å². The van der Waals surface area contributed by atoms with Gasteiger partial charge in [-0.05, 0) is 38.4 Å². The summed E-state index contributed by atoms with van der Waals surface area (Å²) in [5, 5.41) is 21.5. The number of rotatable bonds is 8. The molecule has 0 saturated heterocycles. The molecule has 0 spiro atoms. The van der Waals surface area contributed by atoms with Crippen LogP contribution in [0, 0.1) is 6.92 Å². The van der Waals surface area contributed by atoms with Gasteiger partial charge < -0.3 is 15.5 Å². The summed E-state index contributed by atoms with van der Waals surface area (Å²) in [6, 6.07) is 3.48. The predicted octanol–water partition coefficient (Wildman–Crippen LogP) is 1.74. The van der Waals surface area contributed by atoms with E-state index in [1.807, 2.05) is 6.92 Å². The van der Waals surface area contributed by atoms with Crippen LogP contribution in [0.3, 0.4) is 0 Å². The quantitative estimate of drug-likeness (QED) is 0.604. The summed E-state index contributed by atoms with van der Waals surface area (Å²) in [5.74, 6) is 0.253. The first-order valence-electron chi connectivity index (χ1n) is 6.21. The third kappa shape index (κ3) is 5.65. The van der Waals surface area contributed by atoms with E-state index in [0.717, 1.165) is 37.9 Å². The molecule has 0 atom stereocenters. The lowest BCUT2D eigenvalue weighted by atomic mass is 10.2. The Labute approximate surface area is 103 Å². The molecule has 0 aliphatic heterocycles. The number of unbranched alkanes of at least 4 members (excludes halogenated alkanes) is 3. The maximum Gasteiger partial charge on any atom is 0.138 e. The summed E-state index contributed by atoms with van der Waals surface area (Å²) in [6.07, 6.45) is 4.18. The summed E-state index contributed by atoms with van der Waals surface area (Å²) < 4.78 is 0. The monoisotopic (exact) mass is 238 g/mol. The molecule has 1 rings (SSSR count). The van der Waals surface area contributed by atoms with Crippen LogP contribution in [0.5, 0.6) is 5.75 Å².